The molecule has 0 saturated carbocycles. The summed E-state index contributed by atoms with van der Waals surface area (Å²) in [7, 11) is 0. The van der Waals surface area contributed by atoms with Gasteiger partial charge in [0.25, 0.3) is 0 Å². The first-order valence-corrected chi connectivity index (χ1v) is 10.9. The second-order valence-electron chi connectivity index (χ2n) is 8.32. The molecule has 0 heterocycles. The first-order chi connectivity index (χ1) is 14.8. The van der Waals surface area contributed by atoms with Crippen molar-refractivity contribution in [2.24, 2.45) is 0 Å². The second kappa shape index (κ2) is 10.3. The number of hydrogen-bond acceptors (Lipinski definition) is 4. The number of benzene rings is 3. The van der Waals surface area contributed by atoms with Crippen LogP contribution in [0.4, 0.5) is 17.1 Å². The highest BCUT2D eigenvalue weighted by Gasteiger charge is 2.14. The average molecular weight is 420 g/mol. The summed E-state index contributed by atoms with van der Waals surface area (Å²) in [4.78, 5) is 2.21. The van der Waals surface area contributed by atoms with Gasteiger partial charge in [-0.1, -0.05) is 0 Å². The zero-order chi connectivity index (χ0) is 22.4. The number of nitrogens with zero attached hydrogens (tertiary/aromatic N) is 1. The van der Waals surface area contributed by atoms with Crippen LogP contribution in [-0.2, 0) is 0 Å². The Morgan fingerprint density at radius 2 is 0.645 bits per heavy atom. The third kappa shape index (κ3) is 6.42. The van der Waals surface area contributed by atoms with Gasteiger partial charge in [0.05, 0.1) is 18.3 Å². The maximum atomic E-state index is 5.81. The molecule has 0 N–H and O–H groups in total. The number of hydrogen-bond donors (Lipinski definition) is 0. The van der Waals surface area contributed by atoms with E-state index in [1.807, 2.05) is 77.9 Å². The molecule has 0 aliphatic carbocycles. The molecule has 3 aromatic rings. The fraction of sp³-hybridized carbons (Fsp3) is 0.333. The largest absolute Gasteiger partial charge is 0.491 e. The smallest absolute Gasteiger partial charge is 0.119 e. The maximum Gasteiger partial charge on any atom is 0.119 e. The minimum Gasteiger partial charge on any atom is -0.491 e. The van der Waals surface area contributed by atoms with Crippen molar-refractivity contribution in [3.63, 3.8) is 0 Å². The Bertz CT molecular complexity index is 803. The minimum atomic E-state index is 0.143. The molecule has 0 unspecified atom stereocenters. The molecule has 4 nitrogen and oxygen atoms in total. The predicted octanol–water partition coefficient (Wildman–Crippen LogP) is 7.52. The fourth-order valence-electron chi connectivity index (χ4n) is 3.29. The van der Waals surface area contributed by atoms with Crippen LogP contribution in [0, 0.1) is 0 Å². The van der Waals surface area contributed by atoms with Crippen molar-refractivity contribution < 1.29 is 14.2 Å². The van der Waals surface area contributed by atoms with Crippen LogP contribution in [0.15, 0.2) is 72.8 Å². The van der Waals surface area contributed by atoms with Crippen LogP contribution in [0.2, 0.25) is 0 Å². The number of rotatable bonds is 9. The van der Waals surface area contributed by atoms with Crippen LogP contribution in [0.5, 0.6) is 17.2 Å². The summed E-state index contributed by atoms with van der Waals surface area (Å²) < 4.78 is 17.4. The van der Waals surface area contributed by atoms with Crippen molar-refractivity contribution in [3.05, 3.63) is 72.8 Å². The van der Waals surface area contributed by atoms with E-state index in [-0.39, 0.29) is 18.3 Å². The van der Waals surface area contributed by atoms with E-state index < -0.39 is 0 Å². The normalized spacial score (nSPS) is 11.1. The molecule has 0 fully saturated rings. The summed E-state index contributed by atoms with van der Waals surface area (Å²) >= 11 is 0. The Hall–Kier alpha value is -3.14. The van der Waals surface area contributed by atoms with Gasteiger partial charge in [0.2, 0.25) is 0 Å². The van der Waals surface area contributed by atoms with E-state index in [2.05, 4.69) is 41.3 Å². The predicted molar refractivity (Wildman–Crippen MR) is 128 cm³/mol. The molecular formula is C27H33NO3. The molecule has 164 valence electrons. The van der Waals surface area contributed by atoms with Crippen molar-refractivity contribution in [3.8, 4) is 17.2 Å². The average Bonchev–Trinajstić information content (AvgIpc) is 2.71. The molecule has 4 heteroatoms. The Labute approximate surface area is 186 Å². The number of ether oxygens (including phenoxy) is 3. The topological polar surface area (TPSA) is 30.9 Å². The summed E-state index contributed by atoms with van der Waals surface area (Å²) in [6.45, 7) is 12.2. The molecule has 31 heavy (non-hydrogen) atoms. The van der Waals surface area contributed by atoms with Gasteiger partial charge in [-0.2, -0.15) is 0 Å². The van der Waals surface area contributed by atoms with Gasteiger partial charge in [-0.3, -0.25) is 0 Å². The molecule has 0 aliphatic rings. The van der Waals surface area contributed by atoms with Gasteiger partial charge in [-0.25, -0.2) is 0 Å². The first kappa shape index (κ1) is 22.5. The molecule has 0 bridgehead atoms. The quantitative estimate of drug-likeness (QED) is 0.359. The third-order valence-corrected chi connectivity index (χ3v) is 4.40. The van der Waals surface area contributed by atoms with E-state index in [0.717, 1.165) is 34.3 Å². The molecule has 0 radical (unpaired) electrons. The zero-order valence-electron chi connectivity index (χ0n) is 19.3. The molecule has 3 rings (SSSR count). The summed E-state index contributed by atoms with van der Waals surface area (Å²) in [6, 6.07) is 24.5. The molecule has 0 aromatic heterocycles. The van der Waals surface area contributed by atoms with E-state index in [9.17, 15) is 0 Å². The van der Waals surface area contributed by atoms with E-state index in [1.54, 1.807) is 0 Å². The molecular weight excluding hydrogens is 386 g/mol. The Morgan fingerprint density at radius 3 is 0.839 bits per heavy atom. The highest BCUT2D eigenvalue weighted by molar-refractivity contribution is 5.77. The summed E-state index contributed by atoms with van der Waals surface area (Å²) in [5, 5.41) is 0. The molecule has 0 aliphatic heterocycles. The van der Waals surface area contributed by atoms with Gasteiger partial charge in [0, 0.05) is 17.1 Å². The number of anilines is 3. The van der Waals surface area contributed by atoms with Gasteiger partial charge in [0.15, 0.2) is 0 Å². The lowest BCUT2D eigenvalue weighted by atomic mass is 10.1. The van der Waals surface area contributed by atoms with E-state index in [1.165, 1.54) is 0 Å². The van der Waals surface area contributed by atoms with Gasteiger partial charge in [-0.15, -0.1) is 0 Å². The van der Waals surface area contributed by atoms with Crippen LogP contribution in [0.1, 0.15) is 41.5 Å². The second-order valence-corrected chi connectivity index (χ2v) is 8.32. The Morgan fingerprint density at radius 1 is 0.419 bits per heavy atom. The van der Waals surface area contributed by atoms with Crippen LogP contribution in [0.3, 0.4) is 0 Å². The molecule has 0 atom stereocenters. The lowest BCUT2D eigenvalue weighted by Crippen LogP contribution is -2.11. The molecule has 3 aromatic carbocycles. The van der Waals surface area contributed by atoms with E-state index in [4.69, 9.17) is 14.2 Å². The van der Waals surface area contributed by atoms with Crippen LogP contribution >= 0.6 is 0 Å². The van der Waals surface area contributed by atoms with Crippen LogP contribution < -0.4 is 19.1 Å². The standard InChI is InChI=1S/C27H33NO3/c1-19(2)29-25-13-7-22(8-14-25)28(23-9-15-26(16-10-23)30-20(3)4)24-11-17-27(18-12-24)31-21(5)6/h7-21H,1-6H3. The lowest BCUT2D eigenvalue weighted by Gasteiger charge is -2.26. The van der Waals surface area contributed by atoms with Crippen molar-refractivity contribution in [2.75, 3.05) is 4.90 Å². The monoisotopic (exact) mass is 419 g/mol. The third-order valence-electron chi connectivity index (χ3n) is 4.40. The van der Waals surface area contributed by atoms with Gasteiger partial charge >= 0.3 is 0 Å². The van der Waals surface area contributed by atoms with Crippen LogP contribution in [-0.4, -0.2) is 18.3 Å². The fourth-order valence-corrected chi connectivity index (χ4v) is 3.29. The van der Waals surface area contributed by atoms with Crippen molar-refractivity contribution in [2.45, 2.75) is 59.9 Å². The first-order valence-electron chi connectivity index (χ1n) is 10.9. The highest BCUT2D eigenvalue weighted by atomic mass is 16.5. The minimum absolute atomic E-state index is 0.143. The van der Waals surface area contributed by atoms with Gasteiger partial charge in [0.1, 0.15) is 17.2 Å². The zero-order valence-corrected chi connectivity index (χ0v) is 19.3. The molecule has 0 saturated heterocycles. The highest BCUT2D eigenvalue weighted by Crippen LogP contribution is 2.37. The van der Waals surface area contributed by atoms with Gasteiger partial charge < -0.3 is 19.1 Å². The summed E-state index contributed by atoms with van der Waals surface area (Å²) in [5.41, 5.74) is 3.14. The van der Waals surface area contributed by atoms with Crippen molar-refractivity contribution >= 4 is 17.1 Å². The Kier molecular flexibility index (Phi) is 7.45. The molecule has 0 amide bonds. The van der Waals surface area contributed by atoms with Crippen molar-refractivity contribution in [1.82, 2.24) is 0 Å². The molecule has 0 spiro atoms. The summed E-state index contributed by atoms with van der Waals surface area (Å²) in [5.74, 6) is 2.58. The van der Waals surface area contributed by atoms with E-state index >= 15 is 0 Å². The SMILES string of the molecule is CC(C)Oc1ccc(N(c2ccc(OC(C)C)cc2)c2ccc(OC(C)C)cc2)cc1. The summed E-state index contributed by atoms with van der Waals surface area (Å²) in [6.07, 6.45) is 0.428. The maximum absolute atomic E-state index is 5.81. The van der Waals surface area contributed by atoms with E-state index in [0.29, 0.717) is 0 Å². The lowest BCUT2D eigenvalue weighted by molar-refractivity contribution is 0.242. The van der Waals surface area contributed by atoms with Gasteiger partial charge in [-0.05, 0) is 114 Å². The Balaban J connectivity index is 1.95. The van der Waals surface area contributed by atoms with Crippen molar-refractivity contribution in [1.29, 1.82) is 0 Å². The van der Waals surface area contributed by atoms with Crippen LogP contribution in [0.25, 0.3) is 0 Å².